The molecular weight excluding hydrogens is 140 g/mol. The Morgan fingerprint density at radius 3 is 3.00 bits per heavy atom. The Balaban J connectivity index is 2.84. The number of aromatic nitrogens is 1. The number of rotatable bonds is 2. The first-order chi connectivity index (χ1) is 5.34. The minimum Gasteiger partial charge on any atom is -0.261 e. The highest BCUT2D eigenvalue weighted by atomic mass is 15.1. The van der Waals surface area contributed by atoms with E-state index in [2.05, 4.69) is 15.0 Å². The fourth-order valence-corrected chi connectivity index (χ4v) is 0.760. The van der Waals surface area contributed by atoms with Crippen LogP contribution in [0, 0.1) is 0 Å². The zero-order valence-electron chi connectivity index (χ0n) is 6.18. The van der Waals surface area contributed by atoms with E-state index in [-0.39, 0.29) is 6.04 Å². The topological polar surface area (TPSA) is 61.7 Å². The number of hydrogen-bond donors (Lipinski definition) is 0. The first-order valence-corrected chi connectivity index (χ1v) is 3.29. The zero-order valence-corrected chi connectivity index (χ0v) is 6.18. The first kappa shape index (κ1) is 7.57. The van der Waals surface area contributed by atoms with Crippen molar-refractivity contribution in [1.82, 2.24) is 4.98 Å². The average molecular weight is 148 g/mol. The summed E-state index contributed by atoms with van der Waals surface area (Å²) < 4.78 is 0. The Morgan fingerprint density at radius 1 is 1.64 bits per heavy atom. The van der Waals surface area contributed by atoms with Gasteiger partial charge in [0, 0.05) is 16.8 Å². The van der Waals surface area contributed by atoms with Crippen LogP contribution in [0.15, 0.2) is 29.5 Å². The normalized spacial score (nSPS) is 11.7. The van der Waals surface area contributed by atoms with Crippen molar-refractivity contribution in [2.45, 2.75) is 13.0 Å². The zero-order chi connectivity index (χ0) is 8.10. The van der Waals surface area contributed by atoms with E-state index in [1.54, 1.807) is 6.20 Å². The minimum absolute atomic E-state index is 0.179. The fraction of sp³-hybridized carbons (Fsp3) is 0.286. The molecule has 4 heteroatoms. The molecular formula is C7H8N4. The predicted octanol–water partition coefficient (Wildman–Crippen LogP) is 2.45. The molecule has 1 unspecified atom stereocenters. The molecule has 1 heterocycles. The number of azide groups is 1. The average Bonchev–Trinajstić information content (AvgIpc) is 2.07. The number of hydrogen-bond acceptors (Lipinski definition) is 2. The second kappa shape index (κ2) is 3.58. The van der Waals surface area contributed by atoms with Crippen LogP contribution in [0.5, 0.6) is 0 Å². The SMILES string of the molecule is CC(N=[N+]=[N-])c1ccccn1. The Hall–Kier alpha value is -1.54. The van der Waals surface area contributed by atoms with E-state index < -0.39 is 0 Å². The Bertz CT molecular complexity index is 263. The molecule has 11 heavy (non-hydrogen) atoms. The van der Waals surface area contributed by atoms with Crippen LogP contribution in [0.25, 0.3) is 10.4 Å². The molecule has 0 radical (unpaired) electrons. The molecule has 0 aliphatic rings. The highest BCUT2D eigenvalue weighted by molar-refractivity contribution is 5.07. The van der Waals surface area contributed by atoms with Crippen molar-refractivity contribution < 1.29 is 0 Å². The molecule has 56 valence electrons. The summed E-state index contributed by atoms with van der Waals surface area (Å²) in [6.45, 7) is 1.81. The van der Waals surface area contributed by atoms with Crippen molar-refractivity contribution in [1.29, 1.82) is 0 Å². The third-order valence-corrected chi connectivity index (χ3v) is 1.34. The van der Waals surface area contributed by atoms with Gasteiger partial charge in [0.15, 0.2) is 0 Å². The summed E-state index contributed by atoms with van der Waals surface area (Å²) in [6, 6.07) is 5.35. The van der Waals surface area contributed by atoms with E-state index in [1.165, 1.54) is 0 Å². The summed E-state index contributed by atoms with van der Waals surface area (Å²) in [6.07, 6.45) is 1.68. The van der Waals surface area contributed by atoms with Gasteiger partial charge in [-0.3, -0.25) is 4.98 Å². The van der Waals surface area contributed by atoms with Crippen molar-refractivity contribution >= 4 is 0 Å². The van der Waals surface area contributed by atoms with Crippen LogP contribution in [0.2, 0.25) is 0 Å². The van der Waals surface area contributed by atoms with E-state index in [4.69, 9.17) is 5.53 Å². The second-order valence-corrected chi connectivity index (χ2v) is 2.14. The Labute approximate surface area is 64.5 Å². The van der Waals surface area contributed by atoms with E-state index >= 15 is 0 Å². The number of nitrogens with zero attached hydrogens (tertiary/aromatic N) is 4. The molecule has 1 atom stereocenters. The van der Waals surface area contributed by atoms with Gasteiger partial charge in [0.1, 0.15) is 0 Å². The van der Waals surface area contributed by atoms with E-state index in [0.29, 0.717) is 0 Å². The van der Waals surface area contributed by atoms with Crippen LogP contribution in [0.1, 0.15) is 18.7 Å². The standard InChI is InChI=1S/C7H8N4/c1-6(10-11-8)7-4-2-3-5-9-7/h2-6H,1H3. The first-order valence-electron chi connectivity index (χ1n) is 3.29. The maximum atomic E-state index is 8.13. The van der Waals surface area contributed by atoms with E-state index in [9.17, 15) is 0 Å². The smallest absolute Gasteiger partial charge is 0.0769 e. The molecule has 0 saturated heterocycles. The Morgan fingerprint density at radius 2 is 2.45 bits per heavy atom. The van der Waals surface area contributed by atoms with Crippen molar-refractivity contribution in [3.8, 4) is 0 Å². The van der Waals surface area contributed by atoms with Crippen LogP contribution in [-0.4, -0.2) is 4.98 Å². The molecule has 1 aromatic heterocycles. The summed E-state index contributed by atoms with van der Waals surface area (Å²) >= 11 is 0. The lowest BCUT2D eigenvalue weighted by molar-refractivity contribution is 0.772. The third kappa shape index (κ3) is 1.95. The molecule has 0 N–H and O–H groups in total. The van der Waals surface area contributed by atoms with Gasteiger partial charge in [0.2, 0.25) is 0 Å². The van der Waals surface area contributed by atoms with Crippen molar-refractivity contribution in [2.75, 3.05) is 0 Å². The minimum atomic E-state index is -0.179. The quantitative estimate of drug-likeness (QED) is 0.361. The van der Waals surface area contributed by atoms with Crippen LogP contribution in [-0.2, 0) is 0 Å². The van der Waals surface area contributed by atoms with Crippen LogP contribution in [0.4, 0.5) is 0 Å². The van der Waals surface area contributed by atoms with Gasteiger partial charge in [-0.15, -0.1) is 0 Å². The van der Waals surface area contributed by atoms with Crippen LogP contribution in [0.3, 0.4) is 0 Å². The van der Waals surface area contributed by atoms with E-state index in [0.717, 1.165) is 5.69 Å². The highest BCUT2D eigenvalue weighted by Crippen LogP contribution is 2.12. The monoisotopic (exact) mass is 148 g/mol. The molecule has 0 spiro atoms. The summed E-state index contributed by atoms with van der Waals surface area (Å²) in [5, 5.41) is 3.51. The molecule has 0 aliphatic carbocycles. The van der Waals surface area contributed by atoms with Gasteiger partial charge in [-0.2, -0.15) is 0 Å². The fourth-order valence-electron chi connectivity index (χ4n) is 0.760. The molecule has 0 amide bonds. The lowest BCUT2D eigenvalue weighted by Crippen LogP contribution is -1.90. The highest BCUT2D eigenvalue weighted by Gasteiger charge is 2.00. The third-order valence-electron chi connectivity index (χ3n) is 1.34. The van der Waals surface area contributed by atoms with Gasteiger partial charge in [0.05, 0.1) is 6.04 Å². The van der Waals surface area contributed by atoms with Crippen molar-refractivity contribution in [3.05, 3.63) is 40.5 Å². The maximum Gasteiger partial charge on any atom is 0.0769 e. The summed E-state index contributed by atoms with van der Waals surface area (Å²) in [4.78, 5) is 6.73. The van der Waals surface area contributed by atoms with Crippen LogP contribution < -0.4 is 0 Å². The lowest BCUT2D eigenvalue weighted by atomic mass is 10.2. The predicted molar refractivity (Wildman–Crippen MR) is 41.8 cm³/mol. The summed E-state index contributed by atoms with van der Waals surface area (Å²) in [7, 11) is 0. The molecule has 4 nitrogen and oxygen atoms in total. The second-order valence-electron chi connectivity index (χ2n) is 2.14. The van der Waals surface area contributed by atoms with E-state index in [1.807, 2.05) is 25.1 Å². The van der Waals surface area contributed by atoms with Gasteiger partial charge in [-0.1, -0.05) is 18.1 Å². The van der Waals surface area contributed by atoms with Gasteiger partial charge in [0.25, 0.3) is 0 Å². The van der Waals surface area contributed by atoms with Gasteiger partial charge < -0.3 is 0 Å². The van der Waals surface area contributed by atoms with Gasteiger partial charge in [-0.05, 0) is 17.7 Å². The lowest BCUT2D eigenvalue weighted by Gasteiger charge is -2.00. The molecule has 0 aliphatic heterocycles. The molecule has 0 saturated carbocycles. The summed E-state index contributed by atoms with van der Waals surface area (Å²) in [5.74, 6) is 0. The maximum absolute atomic E-state index is 8.13. The van der Waals surface area contributed by atoms with Gasteiger partial charge in [-0.25, -0.2) is 0 Å². The van der Waals surface area contributed by atoms with Crippen molar-refractivity contribution in [3.63, 3.8) is 0 Å². The molecule has 0 fully saturated rings. The molecule has 1 rings (SSSR count). The number of pyridine rings is 1. The summed E-state index contributed by atoms with van der Waals surface area (Å²) in [5.41, 5.74) is 8.93. The van der Waals surface area contributed by atoms with Gasteiger partial charge >= 0.3 is 0 Å². The molecule has 1 aromatic rings. The Kier molecular flexibility index (Phi) is 2.47. The largest absolute Gasteiger partial charge is 0.261 e. The van der Waals surface area contributed by atoms with Crippen LogP contribution >= 0.6 is 0 Å². The molecule has 0 bridgehead atoms. The molecule has 0 aromatic carbocycles. The van der Waals surface area contributed by atoms with Crippen molar-refractivity contribution in [2.24, 2.45) is 5.11 Å².